The molecule has 2 rings (SSSR count). The molecule has 2 aliphatic rings. The molecule has 530 valence electrons. The number of unbranched alkanes of at least 4 members (excludes halogenated alkanes) is 29. The quantitative estimate of drug-likeness (QED) is 0.0204. The zero-order chi connectivity index (χ0) is 66.6. The number of carbonyl (C=O) groups is 1. The van der Waals surface area contributed by atoms with Crippen molar-refractivity contribution in [3.05, 3.63) is 109 Å². The maximum atomic E-state index is 13.3. The van der Waals surface area contributed by atoms with Crippen LogP contribution in [0.2, 0.25) is 0 Å². The van der Waals surface area contributed by atoms with Crippen LogP contribution >= 0.6 is 0 Å². The lowest BCUT2D eigenvalue weighted by Gasteiger charge is -2.46. The van der Waals surface area contributed by atoms with Crippen LogP contribution in [-0.2, 0) is 23.7 Å². The Bertz CT molecular complexity index is 1960. The molecule has 2 aliphatic heterocycles. The summed E-state index contributed by atoms with van der Waals surface area (Å²) in [5.41, 5.74) is 0. The number of carbonyl (C=O) groups excluding carboxylic acids is 1. The monoisotopic (exact) mass is 1290 g/mol. The van der Waals surface area contributed by atoms with Crippen molar-refractivity contribution in [2.24, 2.45) is 0 Å². The van der Waals surface area contributed by atoms with Crippen molar-refractivity contribution >= 4 is 5.91 Å². The molecule has 2 saturated heterocycles. The molecule has 12 unspecified atom stereocenters. The molecule has 0 saturated carbocycles. The minimum Gasteiger partial charge on any atom is -0.394 e. The third-order valence-corrected chi connectivity index (χ3v) is 17.5. The summed E-state index contributed by atoms with van der Waals surface area (Å²) in [4.78, 5) is 13.3. The minimum atomic E-state index is -1.79. The molecule has 14 heteroatoms. The van der Waals surface area contributed by atoms with Gasteiger partial charge in [-0.3, -0.25) is 4.79 Å². The van der Waals surface area contributed by atoms with Crippen molar-refractivity contribution in [1.29, 1.82) is 0 Å². The average molecular weight is 1290 g/mol. The van der Waals surface area contributed by atoms with Gasteiger partial charge in [0.15, 0.2) is 12.6 Å². The highest BCUT2D eigenvalue weighted by atomic mass is 16.7. The summed E-state index contributed by atoms with van der Waals surface area (Å²) >= 11 is 0. The molecule has 0 spiro atoms. The third-order valence-electron chi connectivity index (χ3n) is 17.5. The Labute approximate surface area is 559 Å². The molecule has 0 aromatic carbocycles. The van der Waals surface area contributed by atoms with E-state index in [9.17, 15) is 45.6 Å². The van der Waals surface area contributed by atoms with E-state index in [1.54, 1.807) is 0 Å². The molecule has 14 nitrogen and oxygen atoms in total. The molecule has 0 aromatic rings. The van der Waals surface area contributed by atoms with E-state index >= 15 is 0 Å². The zero-order valence-corrected chi connectivity index (χ0v) is 57.8. The first-order valence-corrected chi connectivity index (χ1v) is 37.1. The van der Waals surface area contributed by atoms with Crippen molar-refractivity contribution in [1.82, 2.24) is 5.32 Å². The van der Waals surface area contributed by atoms with Gasteiger partial charge >= 0.3 is 0 Å². The number of hydrogen-bond donors (Lipinski definition) is 9. The largest absolute Gasteiger partial charge is 0.394 e. The predicted molar refractivity (Wildman–Crippen MR) is 378 cm³/mol. The summed E-state index contributed by atoms with van der Waals surface area (Å²) < 4.78 is 22.9. The number of ether oxygens (including phenoxy) is 4. The second-order valence-electron chi connectivity index (χ2n) is 25.7. The lowest BCUT2D eigenvalue weighted by molar-refractivity contribution is -0.359. The van der Waals surface area contributed by atoms with E-state index < -0.39 is 86.8 Å². The molecule has 2 fully saturated rings. The summed E-state index contributed by atoms with van der Waals surface area (Å²) in [7, 11) is 0. The van der Waals surface area contributed by atoms with Crippen molar-refractivity contribution in [3.8, 4) is 0 Å². The van der Waals surface area contributed by atoms with Gasteiger partial charge in [-0.15, -0.1) is 0 Å². The Morgan fingerprint density at radius 2 is 0.739 bits per heavy atom. The van der Waals surface area contributed by atoms with Crippen LogP contribution < -0.4 is 5.32 Å². The fourth-order valence-electron chi connectivity index (χ4n) is 11.7. The highest BCUT2D eigenvalue weighted by molar-refractivity contribution is 5.76. The van der Waals surface area contributed by atoms with Crippen LogP contribution in [0, 0.1) is 0 Å². The number of nitrogens with one attached hydrogen (secondary N) is 1. The Balaban J connectivity index is 1.69. The van der Waals surface area contributed by atoms with E-state index in [4.69, 9.17) is 18.9 Å². The number of aliphatic hydroxyl groups excluding tert-OH is 8. The van der Waals surface area contributed by atoms with E-state index in [0.29, 0.717) is 19.3 Å². The minimum absolute atomic E-state index is 0.218. The van der Waals surface area contributed by atoms with E-state index in [0.717, 1.165) is 83.5 Å². The summed E-state index contributed by atoms with van der Waals surface area (Å²) in [5.74, 6) is -0.265. The van der Waals surface area contributed by atoms with Crippen LogP contribution in [-0.4, -0.2) is 140 Å². The zero-order valence-electron chi connectivity index (χ0n) is 57.8. The summed E-state index contributed by atoms with van der Waals surface area (Å²) in [5, 5.41) is 87.7. The Hall–Kier alpha value is -3.35. The van der Waals surface area contributed by atoms with Gasteiger partial charge in [-0.05, 0) is 77.0 Å². The van der Waals surface area contributed by atoms with Gasteiger partial charge in [0.25, 0.3) is 0 Å². The molecular weight excluding hydrogens is 1160 g/mol. The van der Waals surface area contributed by atoms with Crippen molar-refractivity contribution in [2.45, 2.75) is 357 Å². The molecule has 92 heavy (non-hydrogen) atoms. The molecule has 0 bridgehead atoms. The van der Waals surface area contributed by atoms with Crippen molar-refractivity contribution < 1.29 is 64.6 Å². The van der Waals surface area contributed by atoms with Crippen LogP contribution in [0.15, 0.2) is 109 Å². The fraction of sp³-hybridized carbons (Fsp3) is 0.756. The Morgan fingerprint density at radius 3 is 1.11 bits per heavy atom. The van der Waals surface area contributed by atoms with Crippen LogP contribution in [0.4, 0.5) is 0 Å². The van der Waals surface area contributed by atoms with Gasteiger partial charge in [0.1, 0.15) is 48.8 Å². The lowest BCUT2D eigenvalue weighted by atomic mass is 9.97. The smallest absolute Gasteiger partial charge is 0.220 e. The third kappa shape index (κ3) is 44.4. The van der Waals surface area contributed by atoms with E-state index in [1.807, 2.05) is 0 Å². The second-order valence-corrected chi connectivity index (χ2v) is 25.7. The average Bonchev–Trinajstić information content (AvgIpc) is 0.836. The van der Waals surface area contributed by atoms with E-state index in [-0.39, 0.29) is 18.9 Å². The first-order valence-electron chi connectivity index (χ1n) is 37.1. The number of rotatable bonds is 60. The molecule has 9 N–H and O–H groups in total. The molecule has 1 amide bonds. The Morgan fingerprint density at radius 1 is 0.402 bits per heavy atom. The van der Waals surface area contributed by atoms with Gasteiger partial charge in [0.2, 0.25) is 5.91 Å². The van der Waals surface area contributed by atoms with Gasteiger partial charge in [0.05, 0.1) is 32.0 Å². The molecule has 0 radical (unpaired) electrons. The Kier molecular flexibility index (Phi) is 56.4. The van der Waals surface area contributed by atoms with Gasteiger partial charge in [-0.2, -0.15) is 0 Å². The topological polar surface area (TPSA) is 228 Å². The van der Waals surface area contributed by atoms with E-state index in [2.05, 4.69) is 129 Å². The number of aliphatic hydroxyl groups is 8. The van der Waals surface area contributed by atoms with Gasteiger partial charge in [-0.25, -0.2) is 0 Å². The molecule has 2 heterocycles. The van der Waals surface area contributed by atoms with Gasteiger partial charge in [0, 0.05) is 6.42 Å². The van der Waals surface area contributed by atoms with E-state index in [1.165, 1.54) is 161 Å². The van der Waals surface area contributed by atoms with Gasteiger partial charge < -0.3 is 65.1 Å². The summed E-state index contributed by atoms with van der Waals surface area (Å²) in [6, 6.07) is -0.870. The summed E-state index contributed by atoms with van der Waals surface area (Å²) in [6.45, 7) is 2.74. The molecule has 0 aromatic heterocycles. The van der Waals surface area contributed by atoms with Crippen LogP contribution in [0.3, 0.4) is 0 Å². The maximum absolute atomic E-state index is 13.3. The van der Waals surface area contributed by atoms with Crippen molar-refractivity contribution in [2.75, 3.05) is 19.8 Å². The van der Waals surface area contributed by atoms with Crippen molar-refractivity contribution in [3.63, 3.8) is 0 Å². The first-order chi connectivity index (χ1) is 45.1. The van der Waals surface area contributed by atoms with Crippen LogP contribution in [0.25, 0.3) is 0 Å². The number of hydrogen-bond acceptors (Lipinski definition) is 13. The van der Waals surface area contributed by atoms with Crippen LogP contribution in [0.1, 0.15) is 284 Å². The normalized spacial score (nSPS) is 23.3. The number of allylic oxidation sites excluding steroid dienone is 18. The lowest BCUT2D eigenvalue weighted by Crippen LogP contribution is -2.65. The fourth-order valence-corrected chi connectivity index (χ4v) is 11.7. The van der Waals surface area contributed by atoms with Crippen LogP contribution in [0.5, 0.6) is 0 Å². The maximum Gasteiger partial charge on any atom is 0.220 e. The standard InChI is InChI=1S/C78H135NO13/c1-3-5-7-9-11-13-15-17-19-21-23-25-27-29-31-33-35-37-39-41-43-45-47-49-51-53-55-57-59-61-67(82)66(65-89-77-75(88)73(86)76(69(64-81)91-77)92-78-74(87)72(85)71(84)68(63-80)90-78)79-70(83)62-60-58-56-54-52-50-48-46-44-42-40-38-36-34-32-30-28-26-24-22-20-18-16-14-12-10-8-6-4-2/h6,8,12,14,18,20,24,26,30,32,36,38,42,44,48,50,54,56,66-69,71-78,80-82,84-88H,3-5,7,9-11,13,15-17,19,21-23,25,27-29,31,33-35,37,39-41,43,45-47,49,51-53,55,57-65H2,1-2H3,(H,79,83)/b8-6-,14-12-,20-18-,26-24-,32-30-,38-36-,44-42-,50-48-,56-54-. The molecular formula is C78H135NO13. The summed E-state index contributed by atoms with van der Waals surface area (Å²) in [6.07, 6.45) is 71.1. The SMILES string of the molecule is CC/C=C\C/C=C\C/C=C\C/C=C\C/C=C\C/C=C\C/C=C\C/C=C\C/C=C\CCCC(=O)NC(COC1OC(CO)C(OC2OC(CO)C(O)C(O)C2O)C(O)C1O)C(O)CCCCCCCCCCCCCCCCCCCCCCCCCCCCCCC. The highest BCUT2D eigenvalue weighted by Crippen LogP contribution is 2.30. The second kappa shape index (κ2) is 61.3. The molecule has 12 atom stereocenters. The molecule has 0 aliphatic carbocycles. The number of amides is 1. The highest BCUT2D eigenvalue weighted by Gasteiger charge is 2.51. The van der Waals surface area contributed by atoms with Gasteiger partial charge in [-0.1, -0.05) is 309 Å². The predicted octanol–water partition coefficient (Wildman–Crippen LogP) is 15.9. The first kappa shape index (κ1) is 84.7.